The van der Waals surface area contributed by atoms with Crippen LogP contribution in [0.5, 0.6) is 0 Å². The molecule has 1 aromatic heterocycles. The number of hydrogen-bond donors (Lipinski definition) is 2. The van der Waals surface area contributed by atoms with Gasteiger partial charge in [0.2, 0.25) is 5.95 Å². The number of nitrogens with zero attached hydrogens (tertiary/aromatic N) is 3. The summed E-state index contributed by atoms with van der Waals surface area (Å²) in [5.74, 6) is 0.809. The molecular weight excluding hydrogens is 395 g/mol. The molecule has 148 valence electrons. The van der Waals surface area contributed by atoms with Gasteiger partial charge in [-0.05, 0) is 50.1 Å². The fraction of sp³-hybridized carbons (Fsp3) is 0.381. The topological polar surface area (TPSA) is 53.3 Å². The highest BCUT2D eigenvalue weighted by atomic mass is 35.5. The molecule has 3 aromatic rings. The minimum atomic E-state index is -0.0659. The molecule has 0 bridgehead atoms. The Morgan fingerprint density at radius 2 is 1.96 bits per heavy atom. The summed E-state index contributed by atoms with van der Waals surface area (Å²) in [6.07, 6.45) is 0.601. The lowest BCUT2D eigenvalue weighted by Gasteiger charge is -2.24. The van der Waals surface area contributed by atoms with Gasteiger partial charge in [0, 0.05) is 29.7 Å². The third-order valence-electron chi connectivity index (χ3n) is 5.50. The second kappa shape index (κ2) is 7.82. The normalized spacial score (nSPS) is 18.3. The largest absolute Gasteiger partial charge is 0.396 e. The zero-order valence-corrected chi connectivity index (χ0v) is 17.5. The van der Waals surface area contributed by atoms with Crippen LogP contribution in [0.25, 0.3) is 11.0 Å². The van der Waals surface area contributed by atoms with Gasteiger partial charge in [-0.3, -0.25) is 0 Å². The summed E-state index contributed by atoms with van der Waals surface area (Å²) in [7, 11) is 0. The smallest absolute Gasteiger partial charge is 0.204 e. The van der Waals surface area contributed by atoms with Gasteiger partial charge in [-0.15, -0.1) is 0 Å². The standard InChI is InChI=1S/C21H24Cl2N4O/c1-3-26(4-2)17-6-5-7-18-19(17)25-21-24-16(10-11-28)20(27(18)21)14-9-8-13(22)12-15(14)23/h5-9,12,16,20,28H,3-4,10-11H2,1-2H3,(H,24,25). The number of para-hydroxylation sites is 1. The molecule has 2 heterocycles. The molecule has 0 saturated heterocycles. The van der Waals surface area contributed by atoms with E-state index in [0.717, 1.165) is 41.3 Å². The monoisotopic (exact) mass is 418 g/mol. The molecule has 0 fully saturated rings. The van der Waals surface area contributed by atoms with Crippen LogP contribution in [0.3, 0.4) is 0 Å². The maximum absolute atomic E-state index is 9.58. The van der Waals surface area contributed by atoms with E-state index in [2.05, 4.69) is 46.8 Å². The molecule has 1 aliphatic rings. The lowest BCUT2D eigenvalue weighted by molar-refractivity contribution is 0.273. The van der Waals surface area contributed by atoms with Crippen molar-refractivity contribution in [3.63, 3.8) is 0 Å². The predicted octanol–water partition coefficient (Wildman–Crippen LogP) is 4.96. The van der Waals surface area contributed by atoms with Crippen LogP contribution in [0, 0.1) is 0 Å². The lowest BCUT2D eigenvalue weighted by atomic mass is 9.97. The van der Waals surface area contributed by atoms with Crippen molar-refractivity contribution in [1.82, 2.24) is 9.55 Å². The number of nitrogens with one attached hydrogen (secondary N) is 1. The Hall–Kier alpha value is -1.95. The second-order valence-electron chi connectivity index (χ2n) is 7.00. The van der Waals surface area contributed by atoms with E-state index >= 15 is 0 Å². The molecule has 2 atom stereocenters. The van der Waals surface area contributed by atoms with Crippen molar-refractivity contribution in [2.75, 3.05) is 29.9 Å². The van der Waals surface area contributed by atoms with E-state index < -0.39 is 0 Å². The van der Waals surface area contributed by atoms with E-state index in [1.165, 1.54) is 0 Å². The summed E-state index contributed by atoms with van der Waals surface area (Å²) in [4.78, 5) is 7.23. The molecule has 0 amide bonds. The number of aromatic nitrogens is 2. The van der Waals surface area contributed by atoms with Gasteiger partial charge in [-0.2, -0.15) is 0 Å². The Balaban J connectivity index is 1.90. The Morgan fingerprint density at radius 1 is 1.18 bits per heavy atom. The number of aliphatic hydroxyl groups excluding tert-OH is 1. The number of anilines is 2. The lowest BCUT2D eigenvalue weighted by Crippen LogP contribution is -2.26. The highest BCUT2D eigenvalue weighted by Gasteiger charge is 2.36. The van der Waals surface area contributed by atoms with Gasteiger partial charge in [0.15, 0.2) is 0 Å². The van der Waals surface area contributed by atoms with Gasteiger partial charge < -0.3 is 19.9 Å². The summed E-state index contributed by atoms with van der Waals surface area (Å²) in [5.41, 5.74) is 4.14. The zero-order chi connectivity index (χ0) is 19.8. The van der Waals surface area contributed by atoms with E-state index in [0.29, 0.717) is 16.5 Å². The van der Waals surface area contributed by atoms with Crippen molar-refractivity contribution in [3.05, 3.63) is 52.0 Å². The Kier molecular flexibility index (Phi) is 5.41. The molecule has 28 heavy (non-hydrogen) atoms. The number of rotatable bonds is 6. The van der Waals surface area contributed by atoms with Crippen LogP contribution in [0.2, 0.25) is 10.0 Å². The average molecular weight is 419 g/mol. The number of hydrogen-bond acceptors (Lipinski definition) is 4. The van der Waals surface area contributed by atoms with Gasteiger partial charge in [-0.1, -0.05) is 35.3 Å². The van der Waals surface area contributed by atoms with Crippen LogP contribution in [-0.2, 0) is 0 Å². The average Bonchev–Trinajstić information content (AvgIpc) is 3.20. The van der Waals surface area contributed by atoms with Gasteiger partial charge in [0.1, 0.15) is 5.52 Å². The van der Waals surface area contributed by atoms with Crippen molar-refractivity contribution < 1.29 is 5.11 Å². The summed E-state index contributed by atoms with van der Waals surface area (Å²) in [6.45, 7) is 6.23. The highest BCUT2D eigenvalue weighted by Crippen LogP contribution is 2.43. The molecule has 0 aliphatic carbocycles. The van der Waals surface area contributed by atoms with Crippen molar-refractivity contribution in [2.45, 2.75) is 32.4 Å². The van der Waals surface area contributed by atoms with Crippen LogP contribution in [0.1, 0.15) is 31.9 Å². The van der Waals surface area contributed by atoms with Crippen LogP contribution >= 0.6 is 23.2 Å². The first-order valence-corrected chi connectivity index (χ1v) is 10.4. The zero-order valence-electron chi connectivity index (χ0n) is 16.0. The molecule has 2 aromatic carbocycles. The molecule has 5 nitrogen and oxygen atoms in total. The molecule has 2 unspecified atom stereocenters. The minimum absolute atomic E-state index is 0.00712. The molecule has 0 saturated carbocycles. The van der Waals surface area contributed by atoms with Crippen LogP contribution in [0.4, 0.5) is 11.6 Å². The predicted molar refractivity (Wildman–Crippen MR) is 117 cm³/mol. The summed E-state index contributed by atoms with van der Waals surface area (Å²) < 4.78 is 2.21. The Labute approximate surface area is 174 Å². The number of imidazole rings is 1. The van der Waals surface area contributed by atoms with Crippen LogP contribution in [-0.4, -0.2) is 40.4 Å². The number of fused-ring (bicyclic) bond motifs is 3. The van der Waals surface area contributed by atoms with Crippen molar-refractivity contribution in [3.8, 4) is 0 Å². The summed E-state index contributed by atoms with van der Waals surface area (Å²) >= 11 is 12.7. The van der Waals surface area contributed by atoms with Gasteiger partial charge >= 0.3 is 0 Å². The van der Waals surface area contributed by atoms with E-state index in [1.54, 1.807) is 6.07 Å². The molecule has 2 N–H and O–H groups in total. The maximum Gasteiger partial charge on any atom is 0.204 e. The quantitative estimate of drug-likeness (QED) is 0.593. The number of aliphatic hydroxyl groups is 1. The van der Waals surface area contributed by atoms with E-state index in [1.807, 2.05) is 12.1 Å². The number of halogens is 2. The highest BCUT2D eigenvalue weighted by molar-refractivity contribution is 6.35. The molecular formula is C21H24Cl2N4O. The summed E-state index contributed by atoms with van der Waals surface area (Å²) in [6, 6.07) is 11.8. The molecule has 0 radical (unpaired) electrons. The minimum Gasteiger partial charge on any atom is -0.396 e. The van der Waals surface area contributed by atoms with Crippen molar-refractivity contribution in [2.24, 2.45) is 0 Å². The Morgan fingerprint density at radius 3 is 2.64 bits per heavy atom. The van der Waals surface area contributed by atoms with Gasteiger partial charge in [-0.25, -0.2) is 4.98 Å². The van der Waals surface area contributed by atoms with E-state index in [-0.39, 0.29) is 18.7 Å². The first-order chi connectivity index (χ1) is 13.6. The van der Waals surface area contributed by atoms with E-state index in [4.69, 9.17) is 28.2 Å². The third kappa shape index (κ3) is 3.11. The summed E-state index contributed by atoms with van der Waals surface area (Å²) in [5, 5.41) is 14.3. The third-order valence-corrected chi connectivity index (χ3v) is 6.06. The molecule has 0 spiro atoms. The van der Waals surface area contributed by atoms with E-state index in [9.17, 15) is 5.11 Å². The fourth-order valence-corrected chi connectivity index (χ4v) is 4.72. The molecule has 4 rings (SSSR count). The SMILES string of the molecule is CCN(CC)c1cccc2c1nc1n2C(c2ccc(Cl)cc2Cl)C(CCO)N1. The second-order valence-corrected chi connectivity index (χ2v) is 7.84. The molecule has 1 aliphatic heterocycles. The number of benzene rings is 2. The Bertz CT molecular complexity index is 999. The molecule has 7 heteroatoms. The first kappa shape index (κ1) is 19.4. The van der Waals surface area contributed by atoms with Gasteiger partial charge in [0.25, 0.3) is 0 Å². The van der Waals surface area contributed by atoms with Crippen molar-refractivity contribution in [1.29, 1.82) is 0 Å². The van der Waals surface area contributed by atoms with Crippen LogP contribution in [0.15, 0.2) is 36.4 Å². The first-order valence-electron chi connectivity index (χ1n) is 9.67. The fourth-order valence-electron chi connectivity index (χ4n) is 4.20. The van der Waals surface area contributed by atoms with Crippen molar-refractivity contribution >= 4 is 45.9 Å². The van der Waals surface area contributed by atoms with Crippen LogP contribution < -0.4 is 10.2 Å². The van der Waals surface area contributed by atoms with Gasteiger partial charge in [0.05, 0.1) is 23.3 Å². The maximum atomic E-state index is 9.58.